The van der Waals surface area contributed by atoms with E-state index in [1.807, 2.05) is 24.3 Å². The molecule has 0 saturated carbocycles. The van der Waals surface area contributed by atoms with Crippen LogP contribution in [-0.4, -0.2) is 24.2 Å². The van der Waals surface area contributed by atoms with Crippen molar-refractivity contribution in [3.63, 3.8) is 0 Å². The van der Waals surface area contributed by atoms with E-state index in [0.29, 0.717) is 6.54 Å². The maximum Gasteiger partial charge on any atom is 0.310 e. The van der Waals surface area contributed by atoms with Crippen LogP contribution in [0.25, 0.3) is 0 Å². The molecule has 1 aromatic rings. The first-order valence-electron chi connectivity index (χ1n) is 5.87. The van der Waals surface area contributed by atoms with E-state index in [1.165, 1.54) is 0 Å². The molecule has 94 valence electrons. The van der Waals surface area contributed by atoms with Crippen molar-refractivity contribution in [1.82, 2.24) is 5.32 Å². The van der Waals surface area contributed by atoms with Crippen LogP contribution in [0, 0.1) is 0 Å². The average Bonchev–Trinajstić information content (AvgIpc) is 2.34. The molecule has 0 radical (unpaired) electrons. The molecule has 4 N–H and O–H groups in total. The van der Waals surface area contributed by atoms with E-state index in [2.05, 4.69) is 5.32 Å². The van der Waals surface area contributed by atoms with E-state index in [4.69, 9.17) is 10.8 Å². The van der Waals surface area contributed by atoms with E-state index >= 15 is 0 Å². The fraction of sp³-hybridized carbons (Fsp3) is 0.462. The van der Waals surface area contributed by atoms with Gasteiger partial charge in [0.2, 0.25) is 0 Å². The molecule has 17 heavy (non-hydrogen) atoms. The zero-order valence-corrected chi connectivity index (χ0v) is 10.1. The molecule has 1 rings (SSSR count). The second kappa shape index (κ2) is 7.04. The summed E-state index contributed by atoms with van der Waals surface area (Å²) in [5.74, 6) is -1.24. The molecular weight excluding hydrogens is 216 g/mol. The predicted molar refractivity (Wildman–Crippen MR) is 67.9 cm³/mol. The Morgan fingerprint density at radius 2 is 2.06 bits per heavy atom. The number of aliphatic carboxylic acids is 1. The largest absolute Gasteiger partial charge is 0.481 e. The third-order valence-corrected chi connectivity index (χ3v) is 2.74. The summed E-state index contributed by atoms with van der Waals surface area (Å²) in [5, 5.41) is 12.2. The van der Waals surface area contributed by atoms with Crippen LogP contribution in [0.5, 0.6) is 0 Å². The van der Waals surface area contributed by atoms with Crippen LogP contribution in [0.4, 0.5) is 0 Å². The molecule has 0 saturated heterocycles. The van der Waals surface area contributed by atoms with E-state index in [1.54, 1.807) is 6.92 Å². The molecule has 0 aliphatic rings. The number of nitrogens with one attached hydrogen (secondary N) is 1. The lowest BCUT2D eigenvalue weighted by molar-refractivity contribution is -0.138. The lowest BCUT2D eigenvalue weighted by atomic mass is 10.0. The van der Waals surface area contributed by atoms with Gasteiger partial charge in [-0.1, -0.05) is 24.3 Å². The number of carbonyl (C=O) groups is 1. The Morgan fingerprint density at radius 3 is 2.59 bits per heavy atom. The number of carboxylic acid groups (broad SMARTS) is 1. The van der Waals surface area contributed by atoms with Crippen molar-refractivity contribution in [3.8, 4) is 0 Å². The van der Waals surface area contributed by atoms with E-state index in [-0.39, 0.29) is 0 Å². The highest BCUT2D eigenvalue weighted by atomic mass is 16.4. The first-order chi connectivity index (χ1) is 8.15. The predicted octanol–water partition coefficient (Wildman–Crippen LogP) is 1.31. The second-order valence-corrected chi connectivity index (χ2v) is 4.12. The molecule has 0 amide bonds. The van der Waals surface area contributed by atoms with Crippen LogP contribution in [0.2, 0.25) is 0 Å². The summed E-state index contributed by atoms with van der Waals surface area (Å²) in [4.78, 5) is 10.8. The van der Waals surface area contributed by atoms with Gasteiger partial charge in [-0.3, -0.25) is 4.79 Å². The van der Waals surface area contributed by atoms with Crippen molar-refractivity contribution in [2.45, 2.75) is 25.8 Å². The monoisotopic (exact) mass is 236 g/mol. The topological polar surface area (TPSA) is 75.3 Å². The Balaban J connectivity index is 2.47. The van der Waals surface area contributed by atoms with Crippen molar-refractivity contribution in [2.24, 2.45) is 5.73 Å². The van der Waals surface area contributed by atoms with Gasteiger partial charge in [0.25, 0.3) is 0 Å². The van der Waals surface area contributed by atoms with Gasteiger partial charge in [-0.15, -0.1) is 0 Å². The maximum absolute atomic E-state index is 10.8. The SMILES string of the molecule is CC(C(=O)O)c1ccc(CNCCCN)cc1. The summed E-state index contributed by atoms with van der Waals surface area (Å²) in [6, 6.07) is 7.67. The molecule has 0 fully saturated rings. The van der Waals surface area contributed by atoms with E-state index in [9.17, 15) is 4.79 Å². The first-order valence-corrected chi connectivity index (χ1v) is 5.87. The molecule has 0 heterocycles. The van der Waals surface area contributed by atoms with Gasteiger partial charge in [-0.25, -0.2) is 0 Å². The Hall–Kier alpha value is -1.39. The minimum Gasteiger partial charge on any atom is -0.481 e. The van der Waals surface area contributed by atoms with Gasteiger partial charge in [0.1, 0.15) is 0 Å². The number of nitrogens with two attached hydrogens (primary N) is 1. The van der Waals surface area contributed by atoms with Gasteiger partial charge in [-0.2, -0.15) is 0 Å². The quantitative estimate of drug-likeness (QED) is 0.624. The molecule has 4 nitrogen and oxygen atoms in total. The van der Waals surface area contributed by atoms with Gasteiger partial charge >= 0.3 is 5.97 Å². The van der Waals surface area contributed by atoms with Crippen LogP contribution in [0.1, 0.15) is 30.4 Å². The van der Waals surface area contributed by atoms with Gasteiger partial charge in [-0.05, 0) is 37.6 Å². The standard InChI is InChI=1S/C13H20N2O2/c1-10(13(16)17)12-5-3-11(4-6-12)9-15-8-2-7-14/h3-6,10,15H,2,7-9,14H2,1H3,(H,16,17). The lowest BCUT2D eigenvalue weighted by Gasteiger charge is -2.08. The van der Waals surface area contributed by atoms with Crippen molar-refractivity contribution in [3.05, 3.63) is 35.4 Å². The van der Waals surface area contributed by atoms with Gasteiger partial charge in [0.15, 0.2) is 0 Å². The molecule has 0 spiro atoms. The van der Waals surface area contributed by atoms with Crippen molar-refractivity contribution in [2.75, 3.05) is 13.1 Å². The molecule has 0 bridgehead atoms. The van der Waals surface area contributed by atoms with Gasteiger partial charge in [0.05, 0.1) is 5.92 Å². The summed E-state index contributed by atoms with van der Waals surface area (Å²) in [7, 11) is 0. The number of hydrogen-bond donors (Lipinski definition) is 3. The molecule has 1 aromatic carbocycles. The van der Waals surface area contributed by atoms with Crippen LogP contribution in [0.3, 0.4) is 0 Å². The Morgan fingerprint density at radius 1 is 1.41 bits per heavy atom. The highest BCUT2D eigenvalue weighted by Gasteiger charge is 2.12. The highest BCUT2D eigenvalue weighted by Crippen LogP contribution is 2.15. The minimum absolute atomic E-state index is 0.450. The van der Waals surface area contributed by atoms with Gasteiger partial charge in [0, 0.05) is 6.54 Å². The number of hydrogen-bond acceptors (Lipinski definition) is 3. The van der Waals surface area contributed by atoms with Crippen molar-refractivity contribution < 1.29 is 9.90 Å². The molecule has 1 unspecified atom stereocenters. The highest BCUT2D eigenvalue weighted by molar-refractivity contribution is 5.75. The normalized spacial score (nSPS) is 12.4. The Labute approximate surface area is 102 Å². The summed E-state index contributed by atoms with van der Waals surface area (Å²) in [6.45, 7) is 4.09. The lowest BCUT2D eigenvalue weighted by Crippen LogP contribution is -2.17. The smallest absolute Gasteiger partial charge is 0.310 e. The zero-order valence-electron chi connectivity index (χ0n) is 10.1. The van der Waals surface area contributed by atoms with Crippen LogP contribution in [-0.2, 0) is 11.3 Å². The zero-order chi connectivity index (χ0) is 12.7. The van der Waals surface area contributed by atoms with Crippen molar-refractivity contribution in [1.29, 1.82) is 0 Å². The molecule has 0 aromatic heterocycles. The molecule has 0 aliphatic heterocycles. The summed E-state index contributed by atoms with van der Waals surface area (Å²) < 4.78 is 0. The first kappa shape index (κ1) is 13.7. The maximum atomic E-state index is 10.8. The van der Waals surface area contributed by atoms with E-state index < -0.39 is 11.9 Å². The second-order valence-electron chi connectivity index (χ2n) is 4.12. The minimum atomic E-state index is -0.793. The van der Waals surface area contributed by atoms with Crippen LogP contribution < -0.4 is 11.1 Å². The number of carboxylic acids is 1. The molecule has 4 heteroatoms. The fourth-order valence-electron chi connectivity index (χ4n) is 1.53. The third kappa shape index (κ3) is 4.54. The van der Waals surface area contributed by atoms with Crippen LogP contribution in [0.15, 0.2) is 24.3 Å². The third-order valence-electron chi connectivity index (χ3n) is 2.74. The number of benzene rings is 1. The Bertz CT molecular complexity index is 349. The summed E-state index contributed by atoms with van der Waals surface area (Å²) in [6.07, 6.45) is 0.966. The van der Waals surface area contributed by atoms with Crippen molar-refractivity contribution >= 4 is 5.97 Å². The summed E-state index contributed by atoms with van der Waals surface area (Å²) in [5.41, 5.74) is 7.39. The van der Waals surface area contributed by atoms with E-state index in [0.717, 1.165) is 30.6 Å². The molecular formula is C13H20N2O2. The summed E-state index contributed by atoms with van der Waals surface area (Å²) >= 11 is 0. The van der Waals surface area contributed by atoms with Crippen LogP contribution >= 0.6 is 0 Å². The molecule has 1 atom stereocenters. The molecule has 0 aliphatic carbocycles. The number of rotatable bonds is 7. The van der Waals surface area contributed by atoms with Gasteiger partial charge < -0.3 is 16.2 Å². The fourth-order valence-corrected chi connectivity index (χ4v) is 1.53. The average molecular weight is 236 g/mol. The Kier molecular flexibility index (Phi) is 5.66.